The molecule has 0 aromatic carbocycles. The Morgan fingerprint density at radius 3 is 1.06 bits per heavy atom. The summed E-state index contributed by atoms with van der Waals surface area (Å²) in [4.78, 5) is 0. The first-order valence-corrected chi connectivity index (χ1v) is 8.64. The summed E-state index contributed by atoms with van der Waals surface area (Å²) in [6.07, 6.45) is 0. The molecule has 18 heavy (non-hydrogen) atoms. The average molecular weight is 302 g/mol. The van der Waals surface area contributed by atoms with Crippen molar-refractivity contribution in [2.45, 2.75) is 52.7 Å². The highest BCUT2D eigenvalue weighted by Crippen LogP contribution is 2.15. The predicted molar refractivity (Wildman–Crippen MR) is 69.2 cm³/mol. The van der Waals surface area contributed by atoms with E-state index in [1.165, 1.54) is 0 Å². The highest BCUT2D eigenvalue weighted by Gasteiger charge is 2.27. The molecule has 0 aromatic rings. The van der Waals surface area contributed by atoms with Gasteiger partial charge in [0.25, 0.3) is 20.2 Å². The van der Waals surface area contributed by atoms with Gasteiger partial charge >= 0.3 is 0 Å². The normalized spacial score (nSPS) is 14.8. The molecule has 0 amide bonds. The smallest absolute Gasteiger partial charge is 0.264 e. The molecule has 0 bridgehead atoms. The SMILES string of the molecule is CC(C)(C)OS(=O)(=O)CCS(=O)(=O)OC(C)(C)C. The zero-order chi connectivity index (χ0) is 14.8. The van der Waals surface area contributed by atoms with Gasteiger partial charge in [-0.15, -0.1) is 0 Å². The summed E-state index contributed by atoms with van der Waals surface area (Å²) in [5.74, 6) is -1.24. The van der Waals surface area contributed by atoms with Gasteiger partial charge in [-0.3, -0.25) is 8.37 Å². The van der Waals surface area contributed by atoms with Crippen molar-refractivity contribution < 1.29 is 25.2 Å². The molecule has 0 radical (unpaired) electrons. The summed E-state index contributed by atoms with van der Waals surface area (Å²) in [6, 6.07) is 0. The first-order chi connectivity index (χ1) is 7.62. The molecule has 110 valence electrons. The van der Waals surface area contributed by atoms with E-state index in [2.05, 4.69) is 0 Å². The van der Waals surface area contributed by atoms with Gasteiger partial charge in [-0.25, -0.2) is 0 Å². The second kappa shape index (κ2) is 5.44. The minimum atomic E-state index is -3.89. The van der Waals surface area contributed by atoms with Gasteiger partial charge in [-0.05, 0) is 41.5 Å². The van der Waals surface area contributed by atoms with Gasteiger partial charge in [0, 0.05) is 0 Å². The average Bonchev–Trinajstić information content (AvgIpc) is 1.91. The van der Waals surface area contributed by atoms with Gasteiger partial charge in [0.2, 0.25) is 0 Å². The maximum atomic E-state index is 11.5. The molecule has 6 nitrogen and oxygen atoms in total. The van der Waals surface area contributed by atoms with E-state index in [1.807, 2.05) is 0 Å². The summed E-state index contributed by atoms with van der Waals surface area (Å²) in [6.45, 7) is 9.44. The van der Waals surface area contributed by atoms with Crippen LogP contribution in [0, 0.1) is 0 Å². The Morgan fingerprint density at radius 2 is 0.889 bits per heavy atom. The van der Waals surface area contributed by atoms with Crippen LogP contribution in [0.3, 0.4) is 0 Å². The Kier molecular flexibility index (Phi) is 5.38. The lowest BCUT2D eigenvalue weighted by atomic mass is 10.2. The summed E-state index contributed by atoms with van der Waals surface area (Å²) in [5.41, 5.74) is -1.76. The van der Waals surface area contributed by atoms with Gasteiger partial charge < -0.3 is 0 Å². The Morgan fingerprint density at radius 1 is 0.667 bits per heavy atom. The first-order valence-electron chi connectivity index (χ1n) is 5.49. The van der Waals surface area contributed by atoms with Crippen LogP contribution in [0.15, 0.2) is 0 Å². The van der Waals surface area contributed by atoms with Crippen LogP contribution in [0.5, 0.6) is 0 Å². The minimum Gasteiger partial charge on any atom is -0.264 e. The van der Waals surface area contributed by atoms with Crippen LogP contribution in [0.4, 0.5) is 0 Å². The highest BCUT2D eigenvalue weighted by molar-refractivity contribution is 7.90. The zero-order valence-electron chi connectivity index (χ0n) is 11.7. The Bertz CT molecular complexity index is 415. The maximum absolute atomic E-state index is 11.5. The van der Waals surface area contributed by atoms with Crippen molar-refractivity contribution in [2.24, 2.45) is 0 Å². The zero-order valence-corrected chi connectivity index (χ0v) is 13.3. The second-order valence-corrected chi connectivity index (χ2v) is 9.30. The number of hydrogen-bond donors (Lipinski definition) is 0. The summed E-state index contributed by atoms with van der Waals surface area (Å²) >= 11 is 0. The first kappa shape index (κ1) is 17.8. The van der Waals surface area contributed by atoms with Crippen molar-refractivity contribution in [1.82, 2.24) is 0 Å². The van der Waals surface area contributed by atoms with Crippen molar-refractivity contribution >= 4 is 20.2 Å². The Hall–Kier alpha value is -0.180. The Labute approximate surface area is 110 Å². The lowest BCUT2D eigenvalue weighted by Crippen LogP contribution is -2.31. The maximum Gasteiger partial charge on any atom is 0.268 e. The third kappa shape index (κ3) is 9.81. The lowest BCUT2D eigenvalue weighted by Gasteiger charge is -2.20. The van der Waals surface area contributed by atoms with Crippen molar-refractivity contribution in [3.05, 3.63) is 0 Å². The van der Waals surface area contributed by atoms with Crippen molar-refractivity contribution in [3.63, 3.8) is 0 Å². The fraction of sp³-hybridized carbons (Fsp3) is 1.00. The molecule has 0 aliphatic heterocycles. The molecule has 0 fully saturated rings. The second-order valence-electron chi connectivity index (χ2n) is 5.92. The summed E-state index contributed by atoms with van der Waals surface area (Å²) < 4.78 is 55.7. The molecule has 0 rings (SSSR count). The third-order valence-electron chi connectivity index (χ3n) is 1.34. The van der Waals surface area contributed by atoms with Crippen LogP contribution >= 0.6 is 0 Å². The molecule has 0 aliphatic carbocycles. The third-order valence-corrected chi connectivity index (χ3v) is 4.51. The van der Waals surface area contributed by atoms with E-state index in [1.54, 1.807) is 41.5 Å². The molecule has 0 saturated heterocycles. The van der Waals surface area contributed by atoms with Crippen molar-refractivity contribution in [1.29, 1.82) is 0 Å². The molecule has 0 spiro atoms. The molecule has 0 atom stereocenters. The molecule has 0 heterocycles. The fourth-order valence-corrected chi connectivity index (χ4v) is 4.37. The van der Waals surface area contributed by atoms with Crippen molar-refractivity contribution in [3.8, 4) is 0 Å². The van der Waals surface area contributed by atoms with Gasteiger partial charge in [0.15, 0.2) is 0 Å². The number of rotatable bonds is 5. The van der Waals surface area contributed by atoms with Crippen LogP contribution in [0.25, 0.3) is 0 Å². The monoisotopic (exact) mass is 302 g/mol. The predicted octanol–water partition coefficient (Wildman–Crippen LogP) is 1.28. The van der Waals surface area contributed by atoms with E-state index in [0.29, 0.717) is 0 Å². The summed E-state index contributed by atoms with van der Waals surface area (Å²) in [5, 5.41) is 0. The fourth-order valence-electron chi connectivity index (χ4n) is 1.05. The molecule has 0 unspecified atom stereocenters. The summed E-state index contributed by atoms with van der Waals surface area (Å²) in [7, 11) is -7.77. The standard InChI is InChI=1S/C10H22O6S2/c1-9(2,3)15-17(11,12)7-8-18(13,14)16-10(4,5)6/h7-8H2,1-6H3. The van der Waals surface area contributed by atoms with Gasteiger partial charge in [0.05, 0.1) is 22.7 Å². The van der Waals surface area contributed by atoms with E-state index >= 15 is 0 Å². The van der Waals surface area contributed by atoms with E-state index < -0.39 is 42.9 Å². The topological polar surface area (TPSA) is 86.7 Å². The van der Waals surface area contributed by atoms with Crippen LogP contribution in [0.2, 0.25) is 0 Å². The van der Waals surface area contributed by atoms with E-state index in [-0.39, 0.29) is 0 Å². The van der Waals surface area contributed by atoms with E-state index in [4.69, 9.17) is 8.37 Å². The van der Waals surface area contributed by atoms with Crippen molar-refractivity contribution in [2.75, 3.05) is 11.5 Å². The molecule has 0 N–H and O–H groups in total. The van der Waals surface area contributed by atoms with Gasteiger partial charge in [-0.2, -0.15) is 16.8 Å². The molecule has 8 heteroatoms. The van der Waals surface area contributed by atoms with Crippen LogP contribution < -0.4 is 0 Å². The van der Waals surface area contributed by atoms with E-state index in [0.717, 1.165) is 0 Å². The molecule has 0 aliphatic rings. The van der Waals surface area contributed by atoms with Crippen LogP contribution in [0.1, 0.15) is 41.5 Å². The molecule has 0 aromatic heterocycles. The largest absolute Gasteiger partial charge is 0.268 e. The molecular formula is C10H22O6S2. The van der Waals surface area contributed by atoms with Gasteiger partial charge in [-0.1, -0.05) is 0 Å². The van der Waals surface area contributed by atoms with Gasteiger partial charge in [0.1, 0.15) is 0 Å². The molecule has 0 saturated carbocycles. The minimum absolute atomic E-state index is 0.622. The van der Waals surface area contributed by atoms with E-state index in [9.17, 15) is 16.8 Å². The molecular weight excluding hydrogens is 280 g/mol. The number of hydrogen-bond acceptors (Lipinski definition) is 6. The van der Waals surface area contributed by atoms with Crippen LogP contribution in [-0.4, -0.2) is 39.5 Å². The Balaban J connectivity index is 4.60. The lowest BCUT2D eigenvalue weighted by molar-refractivity contribution is 0.136. The highest BCUT2D eigenvalue weighted by atomic mass is 32.2. The van der Waals surface area contributed by atoms with Crippen LogP contribution in [-0.2, 0) is 28.6 Å². The quantitative estimate of drug-likeness (QED) is 0.711.